The molecular formula is C21H23N5OS. The number of carbonyl (C=O) groups is 1. The van der Waals surface area contributed by atoms with Gasteiger partial charge in [-0.15, -0.1) is 11.3 Å². The van der Waals surface area contributed by atoms with Crippen molar-refractivity contribution < 1.29 is 4.79 Å². The van der Waals surface area contributed by atoms with E-state index in [1.807, 2.05) is 42.2 Å². The van der Waals surface area contributed by atoms with E-state index < -0.39 is 0 Å². The van der Waals surface area contributed by atoms with Gasteiger partial charge in [-0.1, -0.05) is 30.3 Å². The fourth-order valence-corrected chi connectivity index (χ4v) is 4.07. The Labute approximate surface area is 168 Å². The molecule has 2 aromatic heterocycles. The Morgan fingerprint density at radius 2 is 1.93 bits per heavy atom. The molecule has 0 saturated carbocycles. The third kappa shape index (κ3) is 4.55. The number of aromatic nitrogens is 2. The van der Waals surface area contributed by atoms with Gasteiger partial charge in [-0.05, 0) is 19.1 Å². The highest BCUT2D eigenvalue weighted by Crippen LogP contribution is 2.24. The number of piperazine rings is 1. The van der Waals surface area contributed by atoms with Crippen molar-refractivity contribution in [3.05, 3.63) is 65.4 Å². The molecule has 4 rings (SSSR count). The molecule has 0 atom stereocenters. The number of pyridine rings is 1. The Bertz CT molecular complexity index is 935. The van der Waals surface area contributed by atoms with Gasteiger partial charge in [0.2, 0.25) is 0 Å². The summed E-state index contributed by atoms with van der Waals surface area (Å²) in [6.45, 7) is 5.86. The summed E-state index contributed by atoms with van der Waals surface area (Å²) >= 11 is 1.68. The zero-order valence-corrected chi connectivity index (χ0v) is 16.7. The Kier molecular flexibility index (Phi) is 5.64. The number of rotatable bonds is 4. The van der Waals surface area contributed by atoms with Crippen molar-refractivity contribution in [2.75, 3.05) is 31.5 Å². The van der Waals surface area contributed by atoms with Crippen LogP contribution in [0.15, 0.2) is 54.0 Å². The minimum absolute atomic E-state index is 0.0507. The van der Waals surface area contributed by atoms with Crippen LogP contribution in [-0.2, 0) is 6.54 Å². The lowest BCUT2D eigenvalue weighted by atomic mass is 10.2. The van der Waals surface area contributed by atoms with E-state index in [4.69, 9.17) is 4.98 Å². The van der Waals surface area contributed by atoms with Crippen LogP contribution in [0.2, 0.25) is 0 Å². The maximum Gasteiger partial charge on any atom is 0.321 e. The summed E-state index contributed by atoms with van der Waals surface area (Å²) in [5.41, 5.74) is 3.93. The third-order valence-corrected chi connectivity index (χ3v) is 5.71. The summed E-state index contributed by atoms with van der Waals surface area (Å²) in [5, 5.41) is 6.15. The zero-order chi connectivity index (χ0) is 19.3. The molecule has 0 radical (unpaired) electrons. The lowest BCUT2D eigenvalue weighted by molar-refractivity contribution is 0.142. The van der Waals surface area contributed by atoms with Crippen molar-refractivity contribution in [2.45, 2.75) is 13.5 Å². The Balaban J connectivity index is 1.28. The van der Waals surface area contributed by atoms with E-state index in [9.17, 15) is 4.79 Å². The van der Waals surface area contributed by atoms with Crippen LogP contribution < -0.4 is 5.32 Å². The van der Waals surface area contributed by atoms with Gasteiger partial charge in [0.1, 0.15) is 5.01 Å². The highest BCUT2D eigenvalue weighted by atomic mass is 32.1. The van der Waals surface area contributed by atoms with Crippen molar-refractivity contribution in [1.82, 2.24) is 19.8 Å². The number of urea groups is 1. The highest BCUT2D eigenvalue weighted by Gasteiger charge is 2.22. The number of hydrogen-bond donors (Lipinski definition) is 1. The molecule has 3 aromatic rings. The first-order valence-corrected chi connectivity index (χ1v) is 10.3. The van der Waals surface area contributed by atoms with Crippen molar-refractivity contribution in [3.8, 4) is 10.6 Å². The molecule has 7 heteroatoms. The van der Waals surface area contributed by atoms with Crippen molar-refractivity contribution >= 4 is 23.1 Å². The minimum Gasteiger partial charge on any atom is -0.322 e. The molecule has 1 N–H and O–H groups in total. The summed E-state index contributed by atoms with van der Waals surface area (Å²) in [5.74, 6) is 0. The van der Waals surface area contributed by atoms with Gasteiger partial charge in [-0.2, -0.15) is 0 Å². The van der Waals surface area contributed by atoms with Crippen molar-refractivity contribution in [2.24, 2.45) is 0 Å². The van der Waals surface area contributed by atoms with E-state index in [1.54, 1.807) is 17.5 Å². The lowest BCUT2D eigenvalue weighted by Gasteiger charge is -2.34. The van der Waals surface area contributed by atoms with Crippen molar-refractivity contribution in [1.29, 1.82) is 0 Å². The standard InChI is InChI=1S/C21H23N5OS/c1-16-13-18(7-8-22-16)24-21(27)26-11-9-25(10-12-26)14-19-15-28-20(23-19)17-5-3-2-4-6-17/h2-8,13,15H,9-12,14H2,1H3,(H,22,24,27). The van der Waals surface area contributed by atoms with E-state index in [-0.39, 0.29) is 6.03 Å². The summed E-state index contributed by atoms with van der Waals surface area (Å²) in [4.78, 5) is 25.6. The summed E-state index contributed by atoms with van der Waals surface area (Å²) in [7, 11) is 0. The van der Waals surface area contributed by atoms with Crippen LogP contribution in [0.25, 0.3) is 10.6 Å². The molecule has 1 aromatic carbocycles. The Morgan fingerprint density at radius 1 is 1.14 bits per heavy atom. The van der Waals surface area contributed by atoms with Gasteiger partial charge >= 0.3 is 6.03 Å². The van der Waals surface area contributed by atoms with Crippen LogP contribution in [0, 0.1) is 6.92 Å². The van der Waals surface area contributed by atoms with Crippen LogP contribution in [-0.4, -0.2) is 52.0 Å². The van der Waals surface area contributed by atoms with E-state index in [2.05, 4.69) is 32.7 Å². The average Bonchev–Trinajstić information content (AvgIpc) is 3.18. The second kappa shape index (κ2) is 8.50. The molecule has 3 heterocycles. The lowest BCUT2D eigenvalue weighted by Crippen LogP contribution is -2.49. The third-order valence-electron chi connectivity index (χ3n) is 4.77. The highest BCUT2D eigenvalue weighted by molar-refractivity contribution is 7.13. The van der Waals surface area contributed by atoms with Crippen LogP contribution in [0.4, 0.5) is 10.5 Å². The molecule has 6 nitrogen and oxygen atoms in total. The van der Waals surface area contributed by atoms with E-state index in [1.165, 1.54) is 0 Å². The molecule has 28 heavy (non-hydrogen) atoms. The Morgan fingerprint density at radius 3 is 2.68 bits per heavy atom. The number of nitrogens with one attached hydrogen (secondary N) is 1. The number of amides is 2. The van der Waals surface area contributed by atoms with Gasteiger partial charge < -0.3 is 10.2 Å². The largest absolute Gasteiger partial charge is 0.322 e. The maximum atomic E-state index is 12.5. The van der Waals surface area contributed by atoms with Crippen LogP contribution >= 0.6 is 11.3 Å². The SMILES string of the molecule is Cc1cc(NC(=O)N2CCN(Cc3csc(-c4ccccc4)n3)CC2)ccn1. The van der Waals surface area contributed by atoms with E-state index in [0.29, 0.717) is 13.1 Å². The molecule has 1 saturated heterocycles. The van der Waals surface area contributed by atoms with Gasteiger partial charge in [0.05, 0.1) is 5.69 Å². The fraction of sp³-hybridized carbons (Fsp3) is 0.286. The zero-order valence-electron chi connectivity index (χ0n) is 15.8. The molecule has 1 aliphatic heterocycles. The van der Waals surface area contributed by atoms with Crippen LogP contribution in [0.1, 0.15) is 11.4 Å². The number of benzene rings is 1. The van der Waals surface area contributed by atoms with Crippen LogP contribution in [0.3, 0.4) is 0 Å². The normalized spacial score (nSPS) is 14.8. The second-order valence-electron chi connectivity index (χ2n) is 6.89. The van der Waals surface area contributed by atoms with Gasteiger partial charge in [0.15, 0.2) is 0 Å². The first kappa shape index (κ1) is 18.6. The predicted molar refractivity (Wildman–Crippen MR) is 112 cm³/mol. The molecule has 0 aliphatic carbocycles. The predicted octanol–water partition coefficient (Wildman–Crippen LogP) is 3.86. The first-order valence-electron chi connectivity index (χ1n) is 9.38. The molecular weight excluding hydrogens is 370 g/mol. The smallest absolute Gasteiger partial charge is 0.321 e. The molecule has 1 fully saturated rings. The number of hydrogen-bond acceptors (Lipinski definition) is 5. The number of carbonyl (C=O) groups excluding carboxylic acids is 1. The quantitative estimate of drug-likeness (QED) is 0.731. The molecule has 144 valence electrons. The molecule has 0 spiro atoms. The average molecular weight is 394 g/mol. The van der Waals surface area contributed by atoms with E-state index >= 15 is 0 Å². The minimum atomic E-state index is -0.0507. The molecule has 1 aliphatic rings. The number of anilines is 1. The van der Waals surface area contributed by atoms with Gasteiger partial charge in [-0.3, -0.25) is 9.88 Å². The number of aryl methyl sites for hydroxylation is 1. The summed E-state index contributed by atoms with van der Waals surface area (Å²) in [6, 6.07) is 13.9. The van der Waals surface area contributed by atoms with Gasteiger partial charge in [-0.25, -0.2) is 9.78 Å². The van der Waals surface area contributed by atoms with Crippen LogP contribution in [0.5, 0.6) is 0 Å². The van der Waals surface area contributed by atoms with E-state index in [0.717, 1.165) is 47.3 Å². The van der Waals surface area contributed by atoms with Gasteiger partial charge in [0, 0.05) is 61.2 Å². The first-order chi connectivity index (χ1) is 13.7. The monoisotopic (exact) mass is 393 g/mol. The second-order valence-corrected chi connectivity index (χ2v) is 7.75. The Hall–Kier alpha value is -2.77. The number of nitrogens with zero attached hydrogens (tertiary/aromatic N) is 4. The fourth-order valence-electron chi connectivity index (χ4n) is 3.26. The number of thiazole rings is 1. The topological polar surface area (TPSA) is 61.4 Å². The maximum absolute atomic E-state index is 12.5. The molecule has 0 bridgehead atoms. The molecule has 2 amide bonds. The summed E-state index contributed by atoms with van der Waals surface area (Å²) in [6.07, 6.45) is 1.71. The molecule has 0 unspecified atom stereocenters. The van der Waals surface area contributed by atoms with Crippen molar-refractivity contribution in [3.63, 3.8) is 0 Å². The summed E-state index contributed by atoms with van der Waals surface area (Å²) < 4.78 is 0. The van der Waals surface area contributed by atoms with Gasteiger partial charge in [0.25, 0.3) is 0 Å².